The molecule has 2 N–H and O–H groups in total. The van der Waals surface area contributed by atoms with Gasteiger partial charge in [0.1, 0.15) is 5.82 Å². The summed E-state index contributed by atoms with van der Waals surface area (Å²) in [7, 11) is 0. The lowest BCUT2D eigenvalue weighted by molar-refractivity contribution is -0.137. The molecule has 2 aromatic carbocycles. The molecule has 1 amide bonds. The van der Waals surface area contributed by atoms with Gasteiger partial charge in [0.05, 0.1) is 22.8 Å². The molecule has 0 atom stereocenters. The van der Waals surface area contributed by atoms with E-state index in [4.69, 9.17) is 11.6 Å². The molecule has 3 nitrogen and oxygen atoms in total. The number of nitrogens with one attached hydrogen (secondary N) is 2. The van der Waals surface area contributed by atoms with Crippen molar-refractivity contribution in [2.45, 2.75) is 12.6 Å². The van der Waals surface area contributed by atoms with Crippen molar-refractivity contribution in [1.82, 2.24) is 5.32 Å². The standard InChI is InChI=1S/C17H15ClF4N2O/c18-13-6-5-12(17(20,21)22)9-15(13)24-16(25)10-23-8-7-11-3-1-2-4-14(11)19/h1-6,9,23H,7-8,10H2,(H,24,25). The molecule has 0 aromatic heterocycles. The van der Waals surface area contributed by atoms with E-state index in [0.29, 0.717) is 18.5 Å². The van der Waals surface area contributed by atoms with E-state index in [1.807, 2.05) is 0 Å². The molecule has 0 radical (unpaired) electrons. The van der Waals surface area contributed by atoms with Crippen molar-refractivity contribution in [3.05, 3.63) is 64.4 Å². The SMILES string of the molecule is O=C(CNCCc1ccccc1F)Nc1cc(C(F)(F)F)ccc1Cl. The molecular weight excluding hydrogens is 360 g/mol. The van der Waals surface area contributed by atoms with Crippen LogP contribution < -0.4 is 10.6 Å². The summed E-state index contributed by atoms with van der Waals surface area (Å²) in [6, 6.07) is 8.96. The minimum Gasteiger partial charge on any atom is -0.324 e. The van der Waals surface area contributed by atoms with Crippen LogP contribution in [0.25, 0.3) is 0 Å². The summed E-state index contributed by atoms with van der Waals surface area (Å²) in [5.41, 5.74) is -0.506. The van der Waals surface area contributed by atoms with Gasteiger partial charge in [-0.1, -0.05) is 29.8 Å². The zero-order chi connectivity index (χ0) is 18.4. The van der Waals surface area contributed by atoms with Crippen LogP contribution in [0.4, 0.5) is 23.2 Å². The Morgan fingerprint density at radius 1 is 1.12 bits per heavy atom. The first kappa shape index (κ1) is 19.2. The smallest absolute Gasteiger partial charge is 0.324 e. The number of hydrogen-bond donors (Lipinski definition) is 2. The fraction of sp³-hybridized carbons (Fsp3) is 0.235. The van der Waals surface area contributed by atoms with E-state index in [9.17, 15) is 22.4 Å². The third kappa shape index (κ3) is 5.72. The number of benzene rings is 2. The third-order valence-corrected chi connectivity index (χ3v) is 3.71. The Bertz CT molecular complexity index is 750. The molecule has 0 fully saturated rings. The molecule has 2 aromatic rings. The zero-order valence-corrected chi connectivity index (χ0v) is 13.7. The second kappa shape index (κ2) is 8.31. The van der Waals surface area contributed by atoms with Gasteiger partial charge in [0.25, 0.3) is 0 Å². The summed E-state index contributed by atoms with van der Waals surface area (Å²) in [5.74, 6) is -0.876. The topological polar surface area (TPSA) is 41.1 Å². The maximum Gasteiger partial charge on any atom is 0.416 e. The van der Waals surface area contributed by atoms with E-state index in [1.54, 1.807) is 18.2 Å². The third-order valence-electron chi connectivity index (χ3n) is 3.38. The minimum absolute atomic E-state index is 0.00714. The Morgan fingerprint density at radius 3 is 2.52 bits per heavy atom. The largest absolute Gasteiger partial charge is 0.416 e. The molecule has 0 saturated carbocycles. The van der Waals surface area contributed by atoms with Crippen LogP contribution in [-0.4, -0.2) is 19.0 Å². The Balaban J connectivity index is 1.85. The number of carbonyl (C=O) groups is 1. The van der Waals surface area contributed by atoms with Crippen molar-refractivity contribution < 1.29 is 22.4 Å². The van der Waals surface area contributed by atoms with Crippen molar-refractivity contribution in [1.29, 1.82) is 0 Å². The molecule has 0 aliphatic heterocycles. The van der Waals surface area contributed by atoms with E-state index in [0.717, 1.165) is 18.2 Å². The van der Waals surface area contributed by atoms with Crippen molar-refractivity contribution in [2.75, 3.05) is 18.4 Å². The number of alkyl halides is 3. The molecule has 134 valence electrons. The van der Waals surface area contributed by atoms with Crippen molar-refractivity contribution in [3.63, 3.8) is 0 Å². The Hall–Kier alpha value is -2.12. The second-order valence-electron chi connectivity index (χ2n) is 5.26. The average molecular weight is 375 g/mol. The van der Waals surface area contributed by atoms with Crippen LogP contribution >= 0.6 is 11.6 Å². The van der Waals surface area contributed by atoms with E-state index in [2.05, 4.69) is 10.6 Å². The van der Waals surface area contributed by atoms with Gasteiger partial charge < -0.3 is 10.6 Å². The van der Waals surface area contributed by atoms with Gasteiger partial charge in [0, 0.05) is 0 Å². The van der Waals surface area contributed by atoms with E-state index >= 15 is 0 Å². The van der Waals surface area contributed by atoms with E-state index in [1.165, 1.54) is 6.07 Å². The number of anilines is 1. The molecule has 8 heteroatoms. The van der Waals surface area contributed by atoms with Gasteiger partial charge >= 0.3 is 6.18 Å². The van der Waals surface area contributed by atoms with Crippen LogP contribution in [0.2, 0.25) is 5.02 Å². The number of amides is 1. The van der Waals surface area contributed by atoms with Gasteiger partial charge in [0.15, 0.2) is 0 Å². The molecule has 0 heterocycles. The summed E-state index contributed by atoms with van der Waals surface area (Å²) in [6.07, 6.45) is -4.15. The van der Waals surface area contributed by atoms with Crippen LogP contribution in [-0.2, 0) is 17.4 Å². The van der Waals surface area contributed by atoms with Crippen LogP contribution in [0.5, 0.6) is 0 Å². The van der Waals surface area contributed by atoms with Crippen LogP contribution in [0, 0.1) is 5.82 Å². The van der Waals surface area contributed by atoms with Crippen LogP contribution in [0.15, 0.2) is 42.5 Å². The van der Waals surface area contributed by atoms with Gasteiger partial charge in [-0.05, 0) is 42.8 Å². The fourth-order valence-corrected chi connectivity index (χ4v) is 2.28. The molecule has 0 spiro atoms. The Labute approximate surface area is 147 Å². The summed E-state index contributed by atoms with van der Waals surface area (Å²) in [4.78, 5) is 11.8. The van der Waals surface area contributed by atoms with Crippen molar-refractivity contribution in [2.24, 2.45) is 0 Å². The maximum absolute atomic E-state index is 13.4. The highest BCUT2D eigenvalue weighted by Crippen LogP contribution is 2.33. The number of hydrogen-bond acceptors (Lipinski definition) is 2. The minimum atomic E-state index is -4.53. The van der Waals surface area contributed by atoms with Gasteiger partial charge in [-0.3, -0.25) is 4.79 Å². The van der Waals surface area contributed by atoms with Gasteiger partial charge in [-0.2, -0.15) is 13.2 Å². The molecule has 25 heavy (non-hydrogen) atoms. The summed E-state index contributed by atoms with van der Waals surface area (Å²) >= 11 is 5.81. The Morgan fingerprint density at radius 2 is 1.84 bits per heavy atom. The monoisotopic (exact) mass is 374 g/mol. The normalized spacial score (nSPS) is 11.4. The predicted octanol–water partition coefficient (Wildman–Crippen LogP) is 4.27. The first-order chi connectivity index (χ1) is 11.8. The quantitative estimate of drug-likeness (QED) is 0.585. The molecule has 0 aliphatic carbocycles. The highest BCUT2D eigenvalue weighted by molar-refractivity contribution is 6.33. The average Bonchev–Trinajstić information content (AvgIpc) is 2.54. The fourth-order valence-electron chi connectivity index (χ4n) is 2.12. The van der Waals surface area contributed by atoms with Gasteiger partial charge in [-0.25, -0.2) is 4.39 Å². The molecule has 0 aliphatic rings. The lowest BCUT2D eigenvalue weighted by Gasteiger charge is -2.12. The maximum atomic E-state index is 13.4. The van der Waals surface area contributed by atoms with Gasteiger partial charge in [-0.15, -0.1) is 0 Å². The zero-order valence-electron chi connectivity index (χ0n) is 13.0. The van der Waals surface area contributed by atoms with Crippen LogP contribution in [0.1, 0.15) is 11.1 Å². The molecule has 2 rings (SSSR count). The summed E-state index contributed by atoms with van der Waals surface area (Å²) in [5, 5.41) is 5.13. The molecule has 0 saturated heterocycles. The Kier molecular flexibility index (Phi) is 6.39. The van der Waals surface area contributed by atoms with Crippen molar-refractivity contribution >= 4 is 23.2 Å². The number of rotatable bonds is 6. The molecule has 0 bridgehead atoms. The molecule has 0 unspecified atom stereocenters. The first-order valence-corrected chi connectivity index (χ1v) is 7.76. The van der Waals surface area contributed by atoms with Gasteiger partial charge in [0.2, 0.25) is 5.91 Å². The lowest BCUT2D eigenvalue weighted by Crippen LogP contribution is -2.29. The van der Waals surface area contributed by atoms with Crippen molar-refractivity contribution in [3.8, 4) is 0 Å². The summed E-state index contributed by atoms with van der Waals surface area (Å²) < 4.78 is 51.5. The molecular formula is C17H15ClF4N2O. The van der Waals surface area contributed by atoms with E-state index < -0.39 is 17.6 Å². The second-order valence-corrected chi connectivity index (χ2v) is 5.67. The van der Waals surface area contributed by atoms with E-state index in [-0.39, 0.29) is 23.1 Å². The van der Waals surface area contributed by atoms with Crippen LogP contribution in [0.3, 0.4) is 0 Å². The number of carbonyl (C=O) groups excluding carboxylic acids is 1. The summed E-state index contributed by atoms with van der Waals surface area (Å²) in [6.45, 7) is 0.200. The first-order valence-electron chi connectivity index (χ1n) is 7.38. The number of halogens is 5. The highest BCUT2D eigenvalue weighted by atomic mass is 35.5. The predicted molar refractivity (Wildman–Crippen MR) is 88.1 cm³/mol. The lowest BCUT2D eigenvalue weighted by atomic mass is 10.1. The highest BCUT2D eigenvalue weighted by Gasteiger charge is 2.31.